The standard InChI is InChI=1S/C19H18N4O/c20-11-13-4-6-14(7-5-13)12-21-19(24)17-16-3-1-2-10-23(16)18(22-17)15-8-9-15/h1-7,10,15,18,22H,8-9,12H2,(H,21,24). The summed E-state index contributed by atoms with van der Waals surface area (Å²) in [6, 6.07) is 9.34. The molecule has 4 rings (SSSR count). The van der Waals surface area contributed by atoms with Gasteiger partial charge in [0.25, 0.3) is 5.91 Å². The van der Waals surface area contributed by atoms with Crippen LogP contribution in [0.2, 0.25) is 0 Å². The molecule has 0 radical (unpaired) electrons. The second-order valence-corrected chi connectivity index (χ2v) is 6.29. The van der Waals surface area contributed by atoms with Crippen LogP contribution in [0.25, 0.3) is 0 Å². The number of fused-ring (bicyclic) bond motifs is 1. The van der Waals surface area contributed by atoms with Gasteiger partial charge >= 0.3 is 0 Å². The van der Waals surface area contributed by atoms with E-state index >= 15 is 0 Å². The number of carbonyl (C=O) groups is 1. The maximum Gasteiger partial charge on any atom is 0.269 e. The first-order valence-electron chi connectivity index (χ1n) is 8.17. The molecule has 2 heterocycles. The van der Waals surface area contributed by atoms with Crippen LogP contribution in [0.5, 0.6) is 0 Å². The van der Waals surface area contributed by atoms with Gasteiger partial charge in [0.15, 0.2) is 0 Å². The molecule has 1 unspecified atom stereocenters. The summed E-state index contributed by atoms with van der Waals surface area (Å²) in [7, 11) is 0. The fourth-order valence-electron chi connectivity index (χ4n) is 3.11. The highest BCUT2D eigenvalue weighted by molar-refractivity contribution is 5.94. The van der Waals surface area contributed by atoms with Gasteiger partial charge in [-0.15, -0.1) is 0 Å². The van der Waals surface area contributed by atoms with Gasteiger partial charge in [-0.3, -0.25) is 4.79 Å². The third-order valence-electron chi connectivity index (χ3n) is 4.57. The molecule has 1 aliphatic carbocycles. The smallest absolute Gasteiger partial charge is 0.269 e. The number of hydrogen-bond acceptors (Lipinski definition) is 4. The van der Waals surface area contributed by atoms with Crippen molar-refractivity contribution >= 4 is 5.91 Å². The van der Waals surface area contributed by atoms with Gasteiger partial charge in [-0.25, -0.2) is 0 Å². The number of carbonyl (C=O) groups excluding carboxylic acids is 1. The van der Waals surface area contributed by atoms with E-state index in [0.29, 0.717) is 23.7 Å². The quantitative estimate of drug-likeness (QED) is 0.892. The molecular formula is C19H18N4O. The predicted octanol–water partition coefficient (Wildman–Crippen LogP) is 2.11. The van der Waals surface area contributed by atoms with Gasteiger partial charge in [0, 0.05) is 12.7 Å². The molecular weight excluding hydrogens is 300 g/mol. The van der Waals surface area contributed by atoms with Crippen molar-refractivity contribution in [3.63, 3.8) is 0 Å². The van der Waals surface area contributed by atoms with E-state index < -0.39 is 0 Å². The molecule has 3 aliphatic rings. The van der Waals surface area contributed by atoms with Crippen LogP contribution in [0.4, 0.5) is 0 Å². The SMILES string of the molecule is N#Cc1ccc(CNC(=O)C2=C3C=CC=CN3C(C3CC3)N2)cc1. The molecule has 0 aromatic heterocycles. The minimum atomic E-state index is -0.0949. The minimum absolute atomic E-state index is 0.0949. The molecule has 1 atom stereocenters. The number of nitrogens with one attached hydrogen (secondary N) is 2. The predicted molar refractivity (Wildman–Crippen MR) is 89.8 cm³/mol. The fourth-order valence-corrected chi connectivity index (χ4v) is 3.11. The molecule has 1 aromatic rings. The van der Waals surface area contributed by atoms with Gasteiger partial charge in [-0.05, 0) is 48.6 Å². The molecule has 120 valence electrons. The maximum atomic E-state index is 12.6. The van der Waals surface area contributed by atoms with Crippen LogP contribution in [-0.4, -0.2) is 17.0 Å². The van der Waals surface area contributed by atoms with Gasteiger partial charge < -0.3 is 15.5 Å². The van der Waals surface area contributed by atoms with E-state index in [1.165, 1.54) is 12.8 Å². The lowest BCUT2D eigenvalue weighted by Crippen LogP contribution is -2.38. The normalized spacial score (nSPS) is 21.3. The molecule has 1 saturated carbocycles. The van der Waals surface area contributed by atoms with Crippen LogP contribution in [-0.2, 0) is 11.3 Å². The summed E-state index contributed by atoms with van der Waals surface area (Å²) in [5.41, 5.74) is 3.17. The number of nitrogens with zero attached hydrogens (tertiary/aromatic N) is 2. The highest BCUT2D eigenvalue weighted by Gasteiger charge is 2.41. The number of benzene rings is 1. The van der Waals surface area contributed by atoms with Crippen molar-refractivity contribution in [2.75, 3.05) is 0 Å². The zero-order chi connectivity index (χ0) is 16.5. The Hall–Kier alpha value is -3.00. The van der Waals surface area contributed by atoms with Crippen molar-refractivity contribution < 1.29 is 4.79 Å². The summed E-state index contributed by atoms with van der Waals surface area (Å²) in [6.45, 7) is 0.441. The maximum absolute atomic E-state index is 12.6. The van der Waals surface area contributed by atoms with Crippen LogP contribution < -0.4 is 10.6 Å². The number of amides is 1. The lowest BCUT2D eigenvalue weighted by atomic mass is 10.1. The topological polar surface area (TPSA) is 68.2 Å². The van der Waals surface area contributed by atoms with Crippen molar-refractivity contribution in [2.24, 2.45) is 5.92 Å². The van der Waals surface area contributed by atoms with Gasteiger partial charge in [0.1, 0.15) is 11.9 Å². The van der Waals surface area contributed by atoms with Gasteiger partial charge in [0.2, 0.25) is 0 Å². The van der Waals surface area contributed by atoms with Crippen molar-refractivity contribution in [1.82, 2.24) is 15.5 Å². The average molecular weight is 318 g/mol. The molecule has 5 heteroatoms. The highest BCUT2D eigenvalue weighted by Crippen LogP contribution is 2.39. The summed E-state index contributed by atoms with van der Waals surface area (Å²) in [5, 5.41) is 15.2. The molecule has 5 nitrogen and oxygen atoms in total. The Bertz CT molecular complexity index is 794. The lowest BCUT2D eigenvalue weighted by molar-refractivity contribution is -0.118. The number of hydrogen-bond donors (Lipinski definition) is 2. The first kappa shape index (κ1) is 14.6. The molecule has 24 heavy (non-hydrogen) atoms. The lowest BCUT2D eigenvalue weighted by Gasteiger charge is -2.25. The summed E-state index contributed by atoms with van der Waals surface area (Å²) in [4.78, 5) is 14.8. The molecule has 1 amide bonds. The fraction of sp³-hybridized carbons (Fsp3) is 0.263. The Kier molecular flexibility index (Phi) is 3.58. The van der Waals surface area contributed by atoms with Crippen molar-refractivity contribution in [3.05, 3.63) is 71.2 Å². The second-order valence-electron chi connectivity index (χ2n) is 6.29. The first-order valence-corrected chi connectivity index (χ1v) is 8.17. The summed E-state index contributed by atoms with van der Waals surface area (Å²) < 4.78 is 0. The third kappa shape index (κ3) is 2.67. The zero-order valence-corrected chi connectivity index (χ0v) is 13.2. The summed E-state index contributed by atoms with van der Waals surface area (Å²) >= 11 is 0. The van der Waals surface area contributed by atoms with Crippen LogP contribution in [0.15, 0.2) is 60.1 Å². The van der Waals surface area contributed by atoms with Gasteiger partial charge in [-0.2, -0.15) is 5.26 Å². The van der Waals surface area contributed by atoms with E-state index in [0.717, 1.165) is 11.3 Å². The Balaban J connectivity index is 1.46. The van der Waals surface area contributed by atoms with E-state index in [2.05, 4.69) is 21.6 Å². The summed E-state index contributed by atoms with van der Waals surface area (Å²) in [6.07, 6.45) is 10.6. The van der Waals surface area contributed by atoms with Crippen molar-refractivity contribution in [3.8, 4) is 6.07 Å². The van der Waals surface area contributed by atoms with E-state index in [9.17, 15) is 4.79 Å². The zero-order valence-electron chi connectivity index (χ0n) is 13.2. The van der Waals surface area contributed by atoms with E-state index in [4.69, 9.17) is 5.26 Å². The van der Waals surface area contributed by atoms with Crippen molar-refractivity contribution in [2.45, 2.75) is 25.6 Å². The van der Waals surface area contributed by atoms with Crippen molar-refractivity contribution in [1.29, 1.82) is 5.26 Å². The van der Waals surface area contributed by atoms with E-state index in [1.807, 2.05) is 36.6 Å². The first-order chi connectivity index (χ1) is 11.8. The van der Waals surface area contributed by atoms with E-state index in [1.54, 1.807) is 12.1 Å². The largest absolute Gasteiger partial charge is 0.358 e. The highest BCUT2D eigenvalue weighted by atomic mass is 16.2. The molecule has 2 aliphatic heterocycles. The molecule has 1 aromatic carbocycles. The van der Waals surface area contributed by atoms with Gasteiger partial charge in [-0.1, -0.05) is 18.2 Å². The second kappa shape index (κ2) is 5.89. The number of nitriles is 1. The number of rotatable bonds is 4. The average Bonchev–Trinajstić information content (AvgIpc) is 3.40. The summed E-state index contributed by atoms with van der Waals surface area (Å²) in [5.74, 6) is 0.516. The Morgan fingerprint density at radius 1 is 1.29 bits per heavy atom. The Labute approximate surface area is 141 Å². The molecule has 0 saturated heterocycles. The van der Waals surface area contributed by atoms with Crippen LogP contribution in [0.1, 0.15) is 24.0 Å². The third-order valence-corrected chi connectivity index (χ3v) is 4.57. The Morgan fingerprint density at radius 3 is 2.79 bits per heavy atom. The van der Waals surface area contributed by atoms with Crippen LogP contribution in [0, 0.1) is 17.2 Å². The Morgan fingerprint density at radius 2 is 2.08 bits per heavy atom. The molecule has 2 N–H and O–H groups in total. The van der Waals surface area contributed by atoms with Crippen LogP contribution in [0.3, 0.4) is 0 Å². The molecule has 1 fully saturated rings. The minimum Gasteiger partial charge on any atom is -0.358 e. The van der Waals surface area contributed by atoms with E-state index in [-0.39, 0.29) is 12.1 Å². The van der Waals surface area contributed by atoms with Crippen LogP contribution >= 0.6 is 0 Å². The monoisotopic (exact) mass is 318 g/mol. The van der Waals surface area contributed by atoms with Gasteiger partial charge in [0.05, 0.1) is 17.3 Å². The molecule has 0 spiro atoms. The number of allylic oxidation sites excluding steroid dienone is 3. The molecule has 0 bridgehead atoms.